The van der Waals surface area contributed by atoms with E-state index in [1.807, 2.05) is 31.2 Å². The van der Waals surface area contributed by atoms with Gasteiger partial charge in [0.1, 0.15) is 11.9 Å². The summed E-state index contributed by atoms with van der Waals surface area (Å²) in [6.45, 7) is 2.54. The van der Waals surface area contributed by atoms with Gasteiger partial charge >= 0.3 is 5.97 Å². The van der Waals surface area contributed by atoms with Crippen LogP contribution in [0.4, 0.5) is 5.82 Å². The quantitative estimate of drug-likeness (QED) is 0.858. The number of rotatable bonds is 5. The third-order valence-corrected chi connectivity index (χ3v) is 3.27. The minimum atomic E-state index is -0.247. The van der Waals surface area contributed by atoms with Gasteiger partial charge in [0, 0.05) is 12.7 Å². The summed E-state index contributed by atoms with van der Waals surface area (Å²) < 4.78 is 4.64. The van der Waals surface area contributed by atoms with Crippen molar-refractivity contribution in [3.63, 3.8) is 0 Å². The summed E-state index contributed by atoms with van der Waals surface area (Å²) in [6, 6.07) is 11.6. The molecule has 1 aromatic carbocycles. The van der Waals surface area contributed by atoms with E-state index in [9.17, 15) is 4.79 Å². The van der Waals surface area contributed by atoms with Gasteiger partial charge in [-0.2, -0.15) is 5.26 Å². The van der Waals surface area contributed by atoms with Gasteiger partial charge < -0.3 is 10.1 Å². The Morgan fingerprint density at radius 2 is 2.00 bits per heavy atom. The molecule has 0 spiro atoms. The number of anilines is 1. The van der Waals surface area contributed by atoms with E-state index in [1.54, 1.807) is 12.3 Å². The zero-order valence-electron chi connectivity index (χ0n) is 12.6. The second-order valence-corrected chi connectivity index (χ2v) is 4.92. The fraction of sp³-hybridized carbons (Fsp3) is 0.235. The number of nitrogens with zero attached hydrogens (tertiary/aromatic N) is 2. The lowest BCUT2D eigenvalue weighted by atomic mass is 10.1. The molecule has 0 aliphatic heterocycles. The molecule has 0 bridgehead atoms. The Morgan fingerprint density at radius 1 is 1.32 bits per heavy atom. The molecule has 5 nitrogen and oxygen atoms in total. The van der Waals surface area contributed by atoms with Crippen LogP contribution in [0, 0.1) is 18.3 Å². The van der Waals surface area contributed by atoms with Gasteiger partial charge in [0.05, 0.1) is 19.1 Å². The second kappa shape index (κ2) is 7.23. The van der Waals surface area contributed by atoms with E-state index in [0.29, 0.717) is 12.1 Å². The van der Waals surface area contributed by atoms with E-state index in [2.05, 4.69) is 21.1 Å². The van der Waals surface area contributed by atoms with Gasteiger partial charge in [0.25, 0.3) is 0 Å². The Bertz CT molecular complexity index is 703. The SMILES string of the molecule is COC(=O)Cc1ccc(CNc2ncc(C#N)cc2C)cc1. The van der Waals surface area contributed by atoms with Crippen molar-refractivity contribution < 1.29 is 9.53 Å². The molecule has 0 amide bonds. The van der Waals surface area contributed by atoms with E-state index in [1.165, 1.54) is 7.11 Å². The molecule has 5 heteroatoms. The van der Waals surface area contributed by atoms with Crippen molar-refractivity contribution in [3.05, 3.63) is 58.8 Å². The topological polar surface area (TPSA) is 75.0 Å². The third-order valence-electron chi connectivity index (χ3n) is 3.27. The van der Waals surface area contributed by atoms with E-state index in [0.717, 1.165) is 22.5 Å². The van der Waals surface area contributed by atoms with Crippen molar-refractivity contribution >= 4 is 11.8 Å². The molecule has 0 unspecified atom stereocenters. The highest BCUT2D eigenvalue weighted by Gasteiger charge is 2.04. The Labute approximate surface area is 129 Å². The maximum absolute atomic E-state index is 11.2. The molecule has 0 aliphatic carbocycles. The van der Waals surface area contributed by atoms with Gasteiger partial charge in [-0.05, 0) is 29.7 Å². The molecule has 1 heterocycles. The lowest BCUT2D eigenvalue weighted by Crippen LogP contribution is -2.05. The molecule has 1 N–H and O–H groups in total. The summed E-state index contributed by atoms with van der Waals surface area (Å²) >= 11 is 0. The average molecular weight is 295 g/mol. The zero-order valence-corrected chi connectivity index (χ0v) is 12.6. The number of nitriles is 1. The van der Waals surface area contributed by atoms with Crippen LogP contribution in [-0.4, -0.2) is 18.1 Å². The molecule has 0 atom stereocenters. The van der Waals surface area contributed by atoms with Crippen molar-refractivity contribution in [2.45, 2.75) is 19.9 Å². The number of esters is 1. The number of carbonyl (C=O) groups is 1. The zero-order chi connectivity index (χ0) is 15.9. The van der Waals surface area contributed by atoms with Gasteiger partial charge in [-0.3, -0.25) is 4.79 Å². The van der Waals surface area contributed by atoms with Crippen molar-refractivity contribution in [3.8, 4) is 6.07 Å². The van der Waals surface area contributed by atoms with Crippen LogP contribution < -0.4 is 5.32 Å². The average Bonchev–Trinajstić information content (AvgIpc) is 2.54. The highest BCUT2D eigenvalue weighted by atomic mass is 16.5. The summed E-state index contributed by atoms with van der Waals surface area (Å²) in [5.41, 5.74) is 3.49. The molecular formula is C17H17N3O2. The largest absolute Gasteiger partial charge is 0.469 e. The highest BCUT2D eigenvalue weighted by molar-refractivity contribution is 5.72. The summed E-state index contributed by atoms with van der Waals surface area (Å²) in [4.78, 5) is 15.4. The summed E-state index contributed by atoms with van der Waals surface area (Å²) in [5.74, 6) is 0.515. The number of aromatic nitrogens is 1. The highest BCUT2D eigenvalue weighted by Crippen LogP contribution is 2.14. The van der Waals surface area contributed by atoms with Crippen molar-refractivity contribution in [1.82, 2.24) is 4.98 Å². The Hall–Kier alpha value is -2.87. The monoisotopic (exact) mass is 295 g/mol. The van der Waals surface area contributed by atoms with Crippen molar-refractivity contribution in [2.75, 3.05) is 12.4 Å². The van der Waals surface area contributed by atoms with Crippen LogP contribution in [-0.2, 0) is 22.5 Å². The predicted molar refractivity (Wildman–Crippen MR) is 83.2 cm³/mol. The van der Waals surface area contributed by atoms with Crippen LogP contribution in [0.25, 0.3) is 0 Å². The molecule has 2 aromatic rings. The summed E-state index contributed by atoms with van der Waals surface area (Å²) in [7, 11) is 1.38. The normalized spacial score (nSPS) is 9.86. The fourth-order valence-corrected chi connectivity index (χ4v) is 2.02. The van der Waals surface area contributed by atoms with Gasteiger partial charge in [0.15, 0.2) is 0 Å². The maximum Gasteiger partial charge on any atom is 0.309 e. The van der Waals surface area contributed by atoms with Crippen molar-refractivity contribution in [1.29, 1.82) is 5.26 Å². The summed E-state index contributed by atoms with van der Waals surface area (Å²) in [5, 5.41) is 12.1. The van der Waals surface area contributed by atoms with Gasteiger partial charge in [0.2, 0.25) is 0 Å². The molecule has 2 rings (SSSR count). The van der Waals surface area contributed by atoms with E-state index >= 15 is 0 Å². The number of hydrogen-bond acceptors (Lipinski definition) is 5. The van der Waals surface area contributed by atoms with Crippen LogP contribution in [0.3, 0.4) is 0 Å². The number of ether oxygens (including phenoxy) is 1. The molecule has 112 valence electrons. The first-order chi connectivity index (χ1) is 10.6. The number of hydrogen-bond donors (Lipinski definition) is 1. The van der Waals surface area contributed by atoms with Crippen molar-refractivity contribution in [2.24, 2.45) is 0 Å². The van der Waals surface area contributed by atoms with E-state index in [-0.39, 0.29) is 12.4 Å². The molecule has 22 heavy (non-hydrogen) atoms. The smallest absolute Gasteiger partial charge is 0.309 e. The number of nitrogens with one attached hydrogen (secondary N) is 1. The molecule has 0 aliphatic rings. The number of benzene rings is 1. The van der Waals surface area contributed by atoms with Crippen LogP contribution in [0.2, 0.25) is 0 Å². The molecule has 1 aromatic heterocycles. The third kappa shape index (κ3) is 4.06. The van der Waals surface area contributed by atoms with E-state index in [4.69, 9.17) is 5.26 Å². The first-order valence-electron chi connectivity index (χ1n) is 6.87. The van der Waals surface area contributed by atoms with Crippen LogP contribution in [0.15, 0.2) is 36.5 Å². The maximum atomic E-state index is 11.2. The Balaban J connectivity index is 1.97. The molecule has 0 saturated carbocycles. The number of aryl methyl sites for hydroxylation is 1. The molecule has 0 radical (unpaired) electrons. The summed E-state index contributed by atoms with van der Waals surface area (Å²) in [6.07, 6.45) is 1.83. The van der Waals surface area contributed by atoms with Gasteiger partial charge in [-0.15, -0.1) is 0 Å². The number of pyridine rings is 1. The van der Waals surface area contributed by atoms with Gasteiger partial charge in [-0.25, -0.2) is 4.98 Å². The lowest BCUT2D eigenvalue weighted by Gasteiger charge is -2.09. The van der Waals surface area contributed by atoms with Crippen LogP contribution in [0.5, 0.6) is 0 Å². The number of methoxy groups -OCH3 is 1. The number of carbonyl (C=O) groups excluding carboxylic acids is 1. The molecule has 0 fully saturated rings. The minimum Gasteiger partial charge on any atom is -0.469 e. The van der Waals surface area contributed by atoms with Crippen LogP contribution >= 0.6 is 0 Å². The molecule has 0 saturated heterocycles. The van der Waals surface area contributed by atoms with Gasteiger partial charge in [-0.1, -0.05) is 24.3 Å². The van der Waals surface area contributed by atoms with E-state index < -0.39 is 0 Å². The first-order valence-corrected chi connectivity index (χ1v) is 6.87. The molecular weight excluding hydrogens is 278 g/mol. The predicted octanol–water partition coefficient (Wildman–Crippen LogP) is 2.59. The van der Waals surface area contributed by atoms with Crippen LogP contribution in [0.1, 0.15) is 22.3 Å². The second-order valence-electron chi connectivity index (χ2n) is 4.92. The Kier molecular flexibility index (Phi) is 5.10. The lowest BCUT2D eigenvalue weighted by molar-refractivity contribution is -0.139. The first kappa shape index (κ1) is 15.5. The Morgan fingerprint density at radius 3 is 2.59 bits per heavy atom. The fourth-order valence-electron chi connectivity index (χ4n) is 2.02. The minimum absolute atomic E-state index is 0.247. The standard InChI is InChI=1S/C17H17N3O2/c1-12-7-15(9-18)11-20-17(12)19-10-14-5-3-13(4-6-14)8-16(21)22-2/h3-7,11H,8,10H2,1-2H3,(H,19,20).